The van der Waals surface area contributed by atoms with Gasteiger partial charge in [-0.15, -0.1) is 0 Å². The molecular formula is C18H19FN2O3S. The minimum absolute atomic E-state index is 0.0600. The SMILES string of the molecule is NC(=O)NC[C@@H]1CCCc2cc(S(=O)(=O)c3cccc(F)c3)ccc21. The molecule has 1 aliphatic rings. The van der Waals surface area contributed by atoms with E-state index >= 15 is 0 Å². The van der Waals surface area contributed by atoms with Crippen LogP contribution in [0, 0.1) is 5.82 Å². The van der Waals surface area contributed by atoms with Crippen LogP contribution in [-0.2, 0) is 16.3 Å². The molecule has 2 aromatic rings. The monoisotopic (exact) mass is 362 g/mol. The minimum atomic E-state index is -3.77. The molecule has 3 rings (SSSR count). The summed E-state index contributed by atoms with van der Waals surface area (Å²) in [5.41, 5.74) is 7.10. The van der Waals surface area contributed by atoms with Crippen LogP contribution >= 0.6 is 0 Å². The Bertz CT molecular complexity index is 912. The van der Waals surface area contributed by atoms with Crippen LogP contribution in [-0.4, -0.2) is 21.0 Å². The Morgan fingerprint density at radius 1 is 1.20 bits per heavy atom. The number of halogens is 1. The Balaban J connectivity index is 1.94. The van der Waals surface area contributed by atoms with E-state index in [1.54, 1.807) is 18.2 Å². The molecule has 2 aromatic carbocycles. The number of nitrogens with one attached hydrogen (secondary N) is 1. The molecule has 5 nitrogen and oxygen atoms in total. The fourth-order valence-electron chi connectivity index (χ4n) is 3.26. The quantitative estimate of drug-likeness (QED) is 0.876. The fraction of sp³-hybridized carbons (Fsp3) is 0.278. The van der Waals surface area contributed by atoms with Crippen LogP contribution in [0.25, 0.3) is 0 Å². The Morgan fingerprint density at radius 2 is 1.96 bits per heavy atom. The lowest BCUT2D eigenvalue weighted by Crippen LogP contribution is -2.33. The average molecular weight is 362 g/mol. The van der Waals surface area contributed by atoms with Crippen molar-refractivity contribution in [2.45, 2.75) is 35.0 Å². The molecule has 25 heavy (non-hydrogen) atoms. The maximum atomic E-state index is 13.4. The molecule has 2 amide bonds. The summed E-state index contributed by atoms with van der Waals surface area (Å²) in [6.07, 6.45) is 2.58. The largest absolute Gasteiger partial charge is 0.352 e. The van der Waals surface area contributed by atoms with Crippen molar-refractivity contribution in [2.24, 2.45) is 5.73 Å². The lowest BCUT2D eigenvalue weighted by Gasteiger charge is -2.26. The fourth-order valence-corrected chi connectivity index (χ4v) is 4.61. The third kappa shape index (κ3) is 3.66. The van der Waals surface area contributed by atoms with Crippen LogP contribution in [0.4, 0.5) is 9.18 Å². The van der Waals surface area contributed by atoms with Gasteiger partial charge in [0.25, 0.3) is 0 Å². The van der Waals surface area contributed by atoms with E-state index in [1.807, 2.05) is 0 Å². The van der Waals surface area contributed by atoms with Crippen LogP contribution in [0.5, 0.6) is 0 Å². The Labute approximate surface area is 146 Å². The number of carbonyl (C=O) groups is 1. The van der Waals surface area contributed by atoms with Crippen molar-refractivity contribution in [1.82, 2.24) is 5.32 Å². The predicted octanol–water partition coefficient (Wildman–Crippen LogP) is 2.75. The van der Waals surface area contributed by atoms with E-state index in [9.17, 15) is 17.6 Å². The van der Waals surface area contributed by atoms with E-state index < -0.39 is 21.7 Å². The van der Waals surface area contributed by atoms with Crippen LogP contribution in [0.2, 0.25) is 0 Å². The highest BCUT2D eigenvalue weighted by Crippen LogP contribution is 2.33. The highest BCUT2D eigenvalue weighted by Gasteiger charge is 2.24. The number of fused-ring (bicyclic) bond motifs is 1. The number of amides is 2. The van der Waals surface area contributed by atoms with Gasteiger partial charge in [0.05, 0.1) is 9.79 Å². The predicted molar refractivity (Wildman–Crippen MR) is 91.6 cm³/mol. The molecule has 0 saturated heterocycles. The van der Waals surface area contributed by atoms with Gasteiger partial charge in [-0.25, -0.2) is 17.6 Å². The molecule has 0 heterocycles. The van der Waals surface area contributed by atoms with Gasteiger partial charge in [0, 0.05) is 12.5 Å². The van der Waals surface area contributed by atoms with Gasteiger partial charge >= 0.3 is 6.03 Å². The number of urea groups is 1. The number of nitrogens with two attached hydrogens (primary N) is 1. The van der Waals surface area contributed by atoms with Gasteiger partial charge < -0.3 is 11.1 Å². The van der Waals surface area contributed by atoms with E-state index in [0.29, 0.717) is 6.54 Å². The molecule has 0 spiro atoms. The van der Waals surface area contributed by atoms with Crippen molar-refractivity contribution in [2.75, 3.05) is 6.54 Å². The average Bonchev–Trinajstić information content (AvgIpc) is 2.59. The topological polar surface area (TPSA) is 89.3 Å². The van der Waals surface area contributed by atoms with E-state index in [1.165, 1.54) is 18.2 Å². The molecule has 0 fully saturated rings. The first-order valence-corrected chi connectivity index (χ1v) is 9.53. The Morgan fingerprint density at radius 3 is 2.68 bits per heavy atom. The van der Waals surface area contributed by atoms with Gasteiger partial charge in [-0.1, -0.05) is 12.1 Å². The number of sulfone groups is 1. The van der Waals surface area contributed by atoms with Crippen molar-refractivity contribution in [3.63, 3.8) is 0 Å². The summed E-state index contributed by atoms with van der Waals surface area (Å²) in [7, 11) is -3.77. The number of aryl methyl sites for hydroxylation is 1. The highest BCUT2D eigenvalue weighted by molar-refractivity contribution is 7.91. The number of rotatable bonds is 4. The highest BCUT2D eigenvalue weighted by atomic mass is 32.2. The molecule has 3 N–H and O–H groups in total. The van der Waals surface area contributed by atoms with Gasteiger partial charge in [-0.3, -0.25) is 0 Å². The van der Waals surface area contributed by atoms with Gasteiger partial charge in [-0.05, 0) is 60.7 Å². The van der Waals surface area contributed by atoms with Crippen LogP contribution in [0.3, 0.4) is 0 Å². The summed E-state index contributed by atoms with van der Waals surface area (Å²) in [4.78, 5) is 11.0. The lowest BCUT2D eigenvalue weighted by molar-refractivity contribution is 0.248. The Kier molecular flexibility index (Phi) is 4.76. The molecule has 0 radical (unpaired) electrons. The zero-order valence-corrected chi connectivity index (χ0v) is 14.4. The molecule has 0 unspecified atom stereocenters. The second kappa shape index (κ2) is 6.84. The molecule has 0 aliphatic heterocycles. The second-order valence-electron chi connectivity index (χ2n) is 6.16. The lowest BCUT2D eigenvalue weighted by atomic mass is 9.83. The third-order valence-electron chi connectivity index (χ3n) is 4.49. The molecule has 1 atom stereocenters. The zero-order valence-electron chi connectivity index (χ0n) is 13.5. The molecular weight excluding hydrogens is 343 g/mol. The maximum Gasteiger partial charge on any atom is 0.312 e. The van der Waals surface area contributed by atoms with Crippen molar-refractivity contribution < 1.29 is 17.6 Å². The van der Waals surface area contributed by atoms with Crippen LogP contribution in [0.1, 0.15) is 29.9 Å². The number of hydrogen-bond donors (Lipinski definition) is 2. The van der Waals surface area contributed by atoms with Crippen LogP contribution < -0.4 is 11.1 Å². The summed E-state index contributed by atoms with van der Waals surface area (Å²) in [5, 5.41) is 2.61. The van der Waals surface area contributed by atoms with Gasteiger partial charge in [0.1, 0.15) is 5.82 Å². The van der Waals surface area contributed by atoms with E-state index in [0.717, 1.165) is 36.5 Å². The van der Waals surface area contributed by atoms with Gasteiger partial charge in [0.2, 0.25) is 9.84 Å². The summed E-state index contributed by atoms with van der Waals surface area (Å²) in [6, 6.07) is 9.42. The number of carbonyl (C=O) groups excluding carboxylic acids is 1. The third-order valence-corrected chi connectivity index (χ3v) is 6.24. The summed E-state index contributed by atoms with van der Waals surface area (Å²) in [5.74, 6) is -0.473. The minimum Gasteiger partial charge on any atom is -0.352 e. The van der Waals surface area contributed by atoms with Crippen LogP contribution in [0.15, 0.2) is 52.3 Å². The molecule has 0 bridgehead atoms. The van der Waals surface area contributed by atoms with Crippen molar-refractivity contribution in [1.29, 1.82) is 0 Å². The molecule has 132 valence electrons. The second-order valence-corrected chi connectivity index (χ2v) is 8.11. The van der Waals surface area contributed by atoms with Crippen molar-refractivity contribution in [3.05, 3.63) is 59.4 Å². The molecule has 0 saturated carbocycles. The molecule has 7 heteroatoms. The standard InChI is InChI=1S/C18H19FN2O3S/c19-14-5-2-6-15(10-14)25(23,24)16-7-8-17-12(9-16)3-1-4-13(17)11-21-18(20)22/h2,5-10,13H,1,3-4,11H2,(H3,20,21,22)/t13-/m0/s1. The van der Waals surface area contributed by atoms with Crippen molar-refractivity contribution >= 4 is 15.9 Å². The number of primary amides is 1. The Hall–Kier alpha value is -2.41. The van der Waals surface area contributed by atoms with Gasteiger partial charge in [-0.2, -0.15) is 0 Å². The number of hydrogen-bond acceptors (Lipinski definition) is 3. The first-order valence-electron chi connectivity index (χ1n) is 8.05. The molecule has 1 aliphatic carbocycles. The maximum absolute atomic E-state index is 13.4. The van der Waals surface area contributed by atoms with E-state index in [-0.39, 0.29) is 15.7 Å². The zero-order chi connectivity index (χ0) is 18.0. The summed E-state index contributed by atoms with van der Waals surface area (Å²) < 4.78 is 38.8. The smallest absolute Gasteiger partial charge is 0.312 e. The van der Waals surface area contributed by atoms with E-state index in [2.05, 4.69) is 5.32 Å². The normalized spacial score (nSPS) is 16.9. The van der Waals surface area contributed by atoms with Crippen molar-refractivity contribution in [3.8, 4) is 0 Å². The summed E-state index contributed by atoms with van der Waals surface area (Å²) in [6.45, 7) is 0.429. The van der Waals surface area contributed by atoms with Gasteiger partial charge in [0.15, 0.2) is 0 Å². The first-order chi connectivity index (χ1) is 11.9. The van der Waals surface area contributed by atoms with E-state index in [4.69, 9.17) is 5.73 Å². The number of benzene rings is 2. The summed E-state index contributed by atoms with van der Waals surface area (Å²) >= 11 is 0. The first kappa shape index (κ1) is 17.4. The molecule has 0 aromatic heterocycles.